The first-order valence-corrected chi connectivity index (χ1v) is 6.91. The normalized spacial score (nSPS) is 16.3. The Morgan fingerprint density at radius 1 is 1.37 bits per heavy atom. The number of rotatable bonds is 4. The summed E-state index contributed by atoms with van der Waals surface area (Å²) in [5, 5.41) is 9.41. The van der Waals surface area contributed by atoms with Crippen molar-refractivity contribution in [3.63, 3.8) is 0 Å². The highest BCUT2D eigenvalue weighted by atomic mass is 35.5. The van der Waals surface area contributed by atoms with Gasteiger partial charge in [-0.15, -0.1) is 0 Å². The third-order valence-electron chi connectivity index (χ3n) is 3.48. The van der Waals surface area contributed by atoms with Gasteiger partial charge < -0.3 is 15.6 Å². The monoisotopic (exact) mass is 283 g/mol. The van der Waals surface area contributed by atoms with E-state index in [1.54, 1.807) is 0 Å². The van der Waals surface area contributed by atoms with E-state index in [1.165, 1.54) is 31.4 Å². The van der Waals surface area contributed by atoms with E-state index < -0.39 is 5.97 Å². The summed E-state index contributed by atoms with van der Waals surface area (Å²) in [4.78, 5) is 11.2. The highest BCUT2D eigenvalue weighted by molar-refractivity contribution is 6.33. The molecule has 1 fully saturated rings. The predicted molar refractivity (Wildman–Crippen MR) is 74.9 cm³/mol. The number of hydrogen-bond donors (Lipinski definition) is 2. The largest absolute Gasteiger partial charge is 0.491 e. The molecule has 0 saturated heterocycles. The van der Waals surface area contributed by atoms with Gasteiger partial charge in [0.25, 0.3) is 0 Å². The van der Waals surface area contributed by atoms with Crippen LogP contribution < -0.4 is 10.5 Å². The molecule has 1 aliphatic rings. The van der Waals surface area contributed by atoms with Gasteiger partial charge >= 0.3 is 5.97 Å². The molecular formula is C14H18ClNO3. The molecule has 0 bridgehead atoms. The quantitative estimate of drug-likeness (QED) is 0.829. The summed E-state index contributed by atoms with van der Waals surface area (Å²) in [5.41, 5.74) is 5.96. The zero-order chi connectivity index (χ0) is 13.8. The lowest BCUT2D eigenvalue weighted by atomic mass is 9.90. The van der Waals surface area contributed by atoms with Crippen LogP contribution in [0.4, 0.5) is 5.69 Å². The second-order valence-corrected chi connectivity index (χ2v) is 5.41. The number of nitrogens with two attached hydrogens (primary N) is 1. The van der Waals surface area contributed by atoms with Crippen LogP contribution in [0.1, 0.15) is 42.5 Å². The molecule has 4 nitrogen and oxygen atoms in total. The zero-order valence-electron chi connectivity index (χ0n) is 10.7. The van der Waals surface area contributed by atoms with Crippen LogP contribution in [-0.4, -0.2) is 17.7 Å². The number of anilines is 1. The van der Waals surface area contributed by atoms with Crippen molar-refractivity contribution in [1.82, 2.24) is 0 Å². The molecule has 0 aliphatic heterocycles. The minimum atomic E-state index is -1.08. The molecule has 2 rings (SSSR count). The van der Waals surface area contributed by atoms with E-state index >= 15 is 0 Å². The van der Waals surface area contributed by atoms with Crippen molar-refractivity contribution < 1.29 is 14.6 Å². The number of hydrogen-bond acceptors (Lipinski definition) is 3. The Morgan fingerprint density at radius 2 is 2.05 bits per heavy atom. The Labute approximate surface area is 117 Å². The minimum absolute atomic E-state index is 0.0285. The van der Waals surface area contributed by atoms with Crippen molar-refractivity contribution in [2.24, 2.45) is 5.92 Å². The van der Waals surface area contributed by atoms with Crippen molar-refractivity contribution >= 4 is 23.3 Å². The summed E-state index contributed by atoms with van der Waals surface area (Å²) in [5.74, 6) is -0.356. The molecule has 0 unspecified atom stereocenters. The van der Waals surface area contributed by atoms with Crippen LogP contribution in [0, 0.1) is 5.92 Å². The minimum Gasteiger partial charge on any atom is -0.491 e. The smallest absolute Gasteiger partial charge is 0.339 e. The summed E-state index contributed by atoms with van der Waals surface area (Å²) >= 11 is 6.03. The van der Waals surface area contributed by atoms with Crippen molar-refractivity contribution in [2.75, 3.05) is 12.3 Å². The van der Waals surface area contributed by atoms with Crippen LogP contribution in [0.3, 0.4) is 0 Å². The Balaban J connectivity index is 2.12. The molecule has 19 heavy (non-hydrogen) atoms. The van der Waals surface area contributed by atoms with Crippen LogP contribution in [0.15, 0.2) is 12.1 Å². The second-order valence-electron chi connectivity index (χ2n) is 5.00. The first kappa shape index (κ1) is 14.0. The van der Waals surface area contributed by atoms with Gasteiger partial charge in [0.15, 0.2) is 5.75 Å². The SMILES string of the molecule is Nc1cc(Cl)c(OCC2CCCCC2)c(C(=O)O)c1. The van der Waals surface area contributed by atoms with Gasteiger partial charge in [0.2, 0.25) is 0 Å². The van der Waals surface area contributed by atoms with E-state index in [4.69, 9.17) is 27.2 Å². The number of ether oxygens (including phenoxy) is 1. The molecule has 0 spiro atoms. The maximum Gasteiger partial charge on any atom is 0.339 e. The fourth-order valence-electron chi connectivity index (χ4n) is 2.47. The fraction of sp³-hybridized carbons (Fsp3) is 0.500. The van der Waals surface area contributed by atoms with Gasteiger partial charge in [-0.1, -0.05) is 30.9 Å². The molecular weight excluding hydrogens is 266 g/mol. The van der Waals surface area contributed by atoms with Gasteiger partial charge in [0.05, 0.1) is 11.6 Å². The van der Waals surface area contributed by atoms with Crippen LogP contribution in [0.25, 0.3) is 0 Å². The van der Waals surface area contributed by atoms with E-state index in [2.05, 4.69) is 0 Å². The molecule has 0 heterocycles. The Morgan fingerprint density at radius 3 is 2.68 bits per heavy atom. The number of nitrogen functional groups attached to an aromatic ring is 1. The average Bonchev–Trinajstić information content (AvgIpc) is 2.38. The first-order valence-electron chi connectivity index (χ1n) is 6.53. The highest BCUT2D eigenvalue weighted by Gasteiger charge is 2.19. The molecule has 3 N–H and O–H groups in total. The van der Waals surface area contributed by atoms with Crippen molar-refractivity contribution in [3.8, 4) is 5.75 Å². The standard InChI is InChI=1S/C14H18ClNO3/c15-12-7-10(16)6-11(14(17)18)13(12)19-8-9-4-2-1-3-5-9/h6-7,9H,1-5,8,16H2,(H,17,18). The molecule has 104 valence electrons. The lowest BCUT2D eigenvalue weighted by molar-refractivity contribution is 0.0690. The number of benzene rings is 1. The lowest BCUT2D eigenvalue weighted by Crippen LogP contribution is -2.16. The fourth-order valence-corrected chi connectivity index (χ4v) is 2.76. The van der Waals surface area contributed by atoms with Crippen LogP contribution in [0.5, 0.6) is 5.75 Å². The third kappa shape index (κ3) is 3.53. The number of carbonyl (C=O) groups is 1. The molecule has 0 amide bonds. The van der Waals surface area contributed by atoms with Crippen LogP contribution >= 0.6 is 11.6 Å². The highest BCUT2D eigenvalue weighted by Crippen LogP contribution is 2.33. The molecule has 0 radical (unpaired) electrons. The molecule has 1 aromatic carbocycles. The molecule has 0 aromatic heterocycles. The maximum absolute atomic E-state index is 11.2. The summed E-state index contributed by atoms with van der Waals surface area (Å²) in [6, 6.07) is 2.90. The maximum atomic E-state index is 11.2. The molecule has 1 aliphatic carbocycles. The van der Waals surface area contributed by atoms with Crippen LogP contribution in [-0.2, 0) is 0 Å². The number of halogens is 1. The first-order chi connectivity index (χ1) is 9.08. The molecule has 0 atom stereocenters. The average molecular weight is 284 g/mol. The Hall–Kier alpha value is -1.42. The van der Waals surface area contributed by atoms with E-state index in [0.717, 1.165) is 12.8 Å². The molecule has 1 saturated carbocycles. The number of aromatic carboxylic acids is 1. The zero-order valence-corrected chi connectivity index (χ0v) is 11.4. The van der Waals surface area contributed by atoms with Crippen molar-refractivity contribution in [1.29, 1.82) is 0 Å². The topological polar surface area (TPSA) is 72.5 Å². The van der Waals surface area contributed by atoms with E-state index in [9.17, 15) is 4.79 Å². The molecule has 1 aromatic rings. The van der Waals surface area contributed by atoms with Crippen molar-refractivity contribution in [2.45, 2.75) is 32.1 Å². The van der Waals surface area contributed by atoms with Crippen LogP contribution in [0.2, 0.25) is 5.02 Å². The van der Waals surface area contributed by atoms with Gasteiger partial charge in [-0.2, -0.15) is 0 Å². The van der Waals surface area contributed by atoms with Gasteiger partial charge in [-0.25, -0.2) is 4.79 Å². The summed E-state index contributed by atoms with van der Waals surface area (Å²) in [6.07, 6.45) is 5.98. The Kier molecular flexibility index (Phi) is 4.53. The van der Waals surface area contributed by atoms with Gasteiger partial charge in [-0.05, 0) is 30.9 Å². The lowest BCUT2D eigenvalue weighted by Gasteiger charge is -2.22. The van der Waals surface area contributed by atoms with Gasteiger partial charge in [0.1, 0.15) is 5.56 Å². The summed E-state index contributed by atoms with van der Waals surface area (Å²) in [7, 11) is 0. The predicted octanol–water partition coefficient (Wildman–Crippen LogP) is 3.58. The van der Waals surface area contributed by atoms with Gasteiger partial charge in [0, 0.05) is 5.69 Å². The molecule has 5 heteroatoms. The van der Waals surface area contributed by atoms with Crippen molar-refractivity contribution in [3.05, 3.63) is 22.7 Å². The van der Waals surface area contributed by atoms with E-state index in [-0.39, 0.29) is 16.3 Å². The van der Waals surface area contributed by atoms with E-state index in [0.29, 0.717) is 18.2 Å². The van der Waals surface area contributed by atoms with Gasteiger partial charge in [-0.3, -0.25) is 0 Å². The number of carboxylic acid groups (broad SMARTS) is 1. The second kappa shape index (κ2) is 6.15. The summed E-state index contributed by atoms with van der Waals surface area (Å²) in [6.45, 7) is 0.518. The Bertz CT molecular complexity index is 470. The van der Waals surface area contributed by atoms with E-state index in [1.807, 2.05) is 0 Å². The third-order valence-corrected chi connectivity index (χ3v) is 3.77. The summed E-state index contributed by atoms with van der Waals surface area (Å²) < 4.78 is 5.66. The number of carboxylic acids is 1.